The molecule has 1 saturated carbocycles. The first-order chi connectivity index (χ1) is 9.36. The summed E-state index contributed by atoms with van der Waals surface area (Å²) < 4.78 is 27.0. The number of benzene rings is 1. The van der Waals surface area contributed by atoms with Crippen molar-refractivity contribution in [1.82, 2.24) is 4.72 Å². The maximum atomic E-state index is 12.2. The fourth-order valence-corrected chi connectivity index (χ4v) is 3.43. The molecule has 4 nitrogen and oxygen atoms in total. The van der Waals surface area contributed by atoms with Crippen LogP contribution in [0, 0.1) is 17.3 Å². The molecule has 1 aromatic carbocycles. The molecule has 6 heteroatoms. The van der Waals surface area contributed by atoms with Crippen LogP contribution >= 0.6 is 11.6 Å². The third kappa shape index (κ3) is 3.74. The van der Waals surface area contributed by atoms with Crippen molar-refractivity contribution in [1.29, 1.82) is 0 Å². The highest BCUT2D eigenvalue weighted by Crippen LogP contribution is 2.44. The van der Waals surface area contributed by atoms with E-state index < -0.39 is 10.0 Å². The number of nitrogens with one attached hydrogen (secondary N) is 1. The standard InChI is InChI=1S/C14H17ClN2O2S/c1-14(6-7-14)10-17-20(18,19)13-5-4-11(3-2-8-16)9-12(13)15/h4-5,9,17H,6-8,10,16H2,1H3. The quantitative estimate of drug-likeness (QED) is 0.832. The maximum Gasteiger partial charge on any atom is 0.242 e. The average Bonchev–Trinajstić information content (AvgIpc) is 3.13. The molecule has 0 unspecified atom stereocenters. The van der Waals surface area contributed by atoms with Crippen LogP contribution in [-0.2, 0) is 10.0 Å². The summed E-state index contributed by atoms with van der Waals surface area (Å²) in [4.78, 5) is 0.0849. The summed E-state index contributed by atoms with van der Waals surface area (Å²) >= 11 is 6.04. The van der Waals surface area contributed by atoms with Gasteiger partial charge in [0.2, 0.25) is 10.0 Å². The molecule has 0 aliphatic heterocycles. The van der Waals surface area contributed by atoms with Crippen molar-refractivity contribution in [2.24, 2.45) is 11.1 Å². The van der Waals surface area contributed by atoms with Gasteiger partial charge in [0.15, 0.2) is 0 Å². The molecule has 0 atom stereocenters. The van der Waals surface area contributed by atoms with Crippen LogP contribution in [0.2, 0.25) is 5.02 Å². The van der Waals surface area contributed by atoms with Crippen molar-refractivity contribution in [2.75, 3.05) is 13.1 Å². The van der Waals surface area contributed by atoms with Crippen molar-refractivity contribution >= 4 is 21.6 Å². The molecule has 1 fully saturated rings. The molecule has 20 heavy (non-hydrogen) atoms. The van der Waals surface area contributed by atoms with Crippen molar-refractivity contribution in [3.63, 3.8) is 0 Å². The Balaban J connectivity index is 2.18. The van der Waals surface area contributed by atoms with Gasteiger partial charge in [-0.1, -0.05) is 30.4 Å². The van der Waals surface area contributed by atoms with Crippen LogP contribution in [0.15, 0.2) is 23.1 Å². The minimum atomic E-state index is -3.58. The smallest absolute Gasteiger partial charge is 0.242 e. The van der Waals surface area contributed by atoms with Crippen LogP contribution in [0.3, 0.4) is 0 Å². The van der Waals surface area contributed by atoms with E-state index in [1.165, 1.54) is 12.1 Å². The molecule has 1 aliphatic carbocycles. The van der Waals surface area contributed by atoms with E-state index >= 15 is 0 Å². The van der Waals surface area contributed by atoms with Crippen molar-refractivity contribution in [2.45, 2.75) is 24.7 Å². The lowest BCUT2D eigenvalue weighted by atomic mass is 10.2. The Kier molecular flexibility index (Phi) is 4.40. The number of sulfonamides is 1. The second-order valence-electron chi connectivity index (χ2n) is 5.29. The fraction of sp³-hybridized carbons (Fsp3) is 0.429. The monoisotopic (exact) mass is 312 g/mol. The van der Waals surface area contributed by atoms with Gasteiger partial charge in [-0.25, -0.2) is 13.1 Å². The summed E-state index contributed by atoms with van der Waals surface area (Å²) in [6.45, 7) is 2.75. The molecule has 0 aromatic heterocycles. The predicted molar refractivity (Wildman–Crippen MR) is 79.9 cm³/mol. The Labute approximate surface area is 124 Å². The van der Waals surface area contributed by atoms with Crippen LogP contribution in [-0.4, -0.2) is 21.5 Å². The molecule has 0 spiro atoms. The number of hydrogen-bond donors (Lipinski definition) is 2. The van der Waals surface area contributed by atoms with Crippen LogP contribution in [0.1, 0.15) is 25.3 Å². The van der Waals surface area contributed by atoms with Gasteiger partial charge in [-0.05, 0) is 36.5 Å². The van der Waals surface area contributed by atoms with Crippen LogP contribution in [0.25, 0.3) is 0 Å². The molecule has 0 saturated heterocycles. The summed E-state index contributed by atoms with van der Waals surface area (Å²) in [5.74, 6) is 5.51. The van der Waals surface area contributed by atoms with E-state index in [0.29, 0.717) is 12.1 Å². The molecule has 0 bridgehead atoms. The zero-order chi connectivity index (χ0) is 14.8. The number of hydrogen-bond acceptors (Lipinski definition) is 3. The summed E-state index contributed by atoms with van der Waals surface area (Å²) in [5.41, 5.74) is 6.04. The number of halogens is 1. The van der Waals surface area contributed by atoms with Gasteiger partial charge in [0.05, 0.1) is 11.6 Å². The van der Waals surface area contributed by atoms with E-state index in [-0.39, 0.29) is 21.9 Å². The lowest BCUT2D eigenvalue weighted by Gasteiger charge is -2.12. The summed E-state index contributed by atoms with van der Waals surface area (Å²) in [7, 11) is -3.58. The van der Waals surface area contributed by atoms with Gasteiger partial charge in [0, 0.05) is 12.1 Å². The van der Waals surface area contributed by atoms with E-state index in [2.05, 4.69) is 23.5 Å². The Hall–Kier alpha value is -1.06. The van der Waals surface area contributed by atoms with Gasteiger partial charge >= 0.3 is 0 Å². The first-order valence-corrected chi connectivity index (χ1v) is 8.21. The zero-order valence-corrected chi connectivity index (χ0v) is 12.8. The molecular weight excluding hydrogens is 296 g/mol. The van der Waals surface area contributed by atoms with Crippen molar-refractivity contribution in [3.8, 4) is 11.8 Å². The molecule has 0 radical (unpaired) electrons. The van der Waals surface area contributed by atoms with E-state index in [1.807, 2.05) is 0 Å². The largest absolute Gasteiger partial charge is 0.320 e. The molecule has 0 heterocycles. The van der Waals surface area contributed by atoms with E-state index in [4.69, 9.17) is 17.3 Å². The summed E-state index contributed by atoms with van der Waals surface area (Å²) in [5, 5.41) is 0.169. The highest BCUT2D eigenvalue weighted by molar-refractivity contribution is 7.89. The molecule has 1 aliphatic rings. The zero-order valence-electron chi connectivity index (χ0n) is 11.2. The third-order valence-corrected chi connectivity index (χ3v) is 5.23. The Bertz CT molecular complexity index is 670. The lowest BCUT2D eigenvalue weighted by Crippen LogP contribution is -2.29. The van der Waals surface area contributed by atoms with Gasteiger partial charge in [-0.3, -0.25) is 0 Å². The first-order valence-electron chi connectivity index (χ1n) is 6.34. The molecule has 2 rings (SSSR count). The summed E-state index contributed by atoms with van der Waals surface area (Å²) in [6, 6.07) is 4.64. The number of nitrogens with two attached hydrogens (primary N) is 1. The van der Waals surface area contributed by atoms with Gasteiger partial charge < -0.3 is 5.73 Å². The highest BCUT2D eigenvalue weighted by atomic mass is 35.5. The minimum absolute atomic E-state index is 0.0849. The highest BCUT2D eigenvalue weighted by Gasteiger charge is 2.38. The topological polar surface area (TPSA) is 72.2 Å². The van der Waals surface area contributed by atoms with Gasteiger partial charge in [0.25, 0.3) is 0 Å². The number of rotatable bonds is 4. The molecular formula is C14H17ClN2O2S. The predicted octanol–water partition coefficient (Wildman–Crippen LogP) is 1.73. The van der Waals surface area contributed by atoms with Crippen LogP contribution in [0.5, 0.6) is 0 Å². The fourth-order valence-electron chi connectivity index (χ4n) is 1.69. The van der Waals surface area contributed by atoms with E-state index in [0.717, 1.165) is 12.8 Å². The van der Waals surface area contributed by atoms with Crippen molar-refractivity contribution < 1.29 is 8.42 Å². The molecule has 108 valence electrons. The van der Waals surface area contributed by atoms with Gasteiger partial charge in [0.1, 0.15) is 4.90 Å². The first kappa shape index (κ1) is 15.3. The second kappa shape index (κ2) is 5.74. The Morgan fingerprint density at radius 2 is 2.15 bits per heavy atom. The molecule has 3 N–H and O–H groups in total. The minimum Gasteiger partial charge on any atom is -0.320 e. The summed E-state index contributed by atoms with van der Waals surface area (Å²) in [6.07, 6.45) is 2.10. The average molecular weight is 313 g/mol. The Morgan fingerprint density at radius 1 is 1.45 bits per heavy atom. The lowest BCUT2D eigenvalue weighted by molar-refractivity contribution is 0.530. The molecule has 1 aromatic rings. The normalized spacial score (nSPS) is 16.4. The maximum absolute atomic E-state index is 12.2. The third-order valence-electron chi connectivity index (χ3n) is 3.35. The Morgan fingerprint density at radius 3 is 2.70 bits per heavy atom. The van der Waals surface area contributed by atoms with Crippen LogP contribution < -0.4 is 10.5 Å². The van der Waals surface area contributed by atoms with Gasteiger partial charge in [-0.2, -0.15) is 0 Å². The van der Waals surface area contributed by atoms with Crippen LogP contribution in [0.4, 0.5) is 0 Å². The SMILES string of the molecule is CC1(CNS(=O)(=O)c2ccc(C#CCN)cc2Cl)CC1. The van der Waals surface area contributed by atoms with E-state index in [9.17, 15) is 8.42 Å². The van der Waals surface area contributed by atoms with Crippen molar-refractivity contribution in [3.05, 3.63) is 28.8 Å². The van der Waals surface area contributed by atoms with Gasteiger partial charge in [-0.15, -0.1) is 0 Å². The van der Waals surface area contributed by atoms with E-state index in [1.54, 1.807) is 6.07 Å². The second-order valence-corrected chi connectivity index (χ2v) is 7.43. The molecule has 0 amide bonds.